The zero-order valence-corrected chi connectivity index (χ0v) is 9.17. The molecule has 2 N–H and O–H groups in total. The summed E-state index contributed by atoms with van der Waals surface area (Å²) in [5.41, 5.74) is 0.312. The van der Waals surface area contributed by atoms with Crippen LogP contribution < -0.4 is 11.0 Å². The normalized spacial score (nSPS) is 10.2. The Bertz CT molecular complexity index is 572. The van der Waals surface area contributed by atoms with Gasteiger partial charge in [-0.2, -0.15) is 0 Å². The van der Waals surface area contributed by atoms with Gasteiger partial charge >= 0.3 is 5.69 Å². The van der Waals surface area contributed by atoms with Gasteiger partial charge in [-0.05, 0) is 12.1 Å². The molecule has 0 atom stereocenters. The summed E-state index contributed by atoms with van der Waals surface area (Å²) in [4.78, 5) is 29.1. The van der Waals surface area contributed by atoms with Crippen LogP contribution in [0, 0.1) is 0 Å². The molecular weight excluding hydrogens is 222 g/mol. The lowest BCUT2D eigenvalue weighted by atomic mass is 10.3. The van der Waals surface area contributed by atoms with E-state index >= 15 is 0 Å². The Labute approximate surface area is 96.5 Å². The second-order valence-corrected chi connectivity index (χ2v) is 3.41. The van der Waals surface area contributed by atoms with Crippen LogP contribution in [0.5, 0.6) is 0 Å². The van der Waals surface area contributed by atoms with Crippen LogP contribution in [-0.4, -0.2) is 25.7 Å². The molecule has 0 fully saturated rings. The molecule has 2 heterocycles. The zero-order valence-electron chi connectivity index (χ0n) is 9.17. The van der Waals surface area contributed by atoms with Crippen molar-refractivity contribution in [1.29, 1.82) is 0 Å². The van der Waals surface area contributed by atoms with Gasteiger partial charge in [0, 0.05) is 13.2 Å². The molecular formula is C10H11N5O2. The molecule has 0 aromatic carbocycles. The molecule has 0 saturated heterocycles. The highest BCUT2D eigenvalue weighted by Crippen LogP contribution is 1.93. The fourth-order valence-electron chi connectivity index (χ4n) is 1.26. The summed E-state index contributed by atoms with van der Waals surface area (Å²) in [6.45, 7) is 0.290. The first-order chi connectivity index (χ1) is 8.16. The molecule has 2 aromatic heterocycles. The minimum absolute atomic E-state index is 0.00608. The van der Waals surface area contributed by atoms with Crippen LogP contribution in [0.2, 0.25) is 0 Å². The number of aromatic amines is 1. The summed E-state index contributed by atoms with van der Waals surface area (Å²) >= 11 is 0. The number of H-pyrrole nitrogens is 1. The lowest BCUT2D eigenvalue weighted by Crippen LogP contribution is -2.24. The molecule has 0 aliphatic rings. The van der Waals surface area contributed by atoms with E-state index in [0.717, 1.165) is 10.4 Å². The lowest BCUT2D eigenvalue weighted by molar-refractivity contribution is 0.0940. The number of aryl methyl sites for hydroxylation is 1. The van der Waals surface area contributed by atoms with Gasteiger partial charge in [-0.25, -0.2) is 9.48 Å². The third kappa shape index (κ3) is 2.57. The highest BCUT2D eigenvalue weighted by Gasteiger charge is 2.11. The maximum absolute atomic E-state index is 11.6. The first-order valence-electron chi connectivity index (χ1n) is 4.98. The number of nitrogens with one attached hydrogen (secondary N) is 2. The van der Waals surface area contributed by atoms with Crippen molar-refractivity contribution in [3.05, 3.63) is 46.4 Å². The van der Waals surface area contributed by atoms with Crippen molar-refractivity contribution in [1.82, 2.24) is 25.1 Å². The Morgan fingerprint density at radius 2 is 2.35 bits per heavy atom. The summed E-state index contributed by atoms with van der Waals surface area (Å²) in [6.07, 6.45) is 1.64. The van der Waals surface area contributed by atoms with E-state index in [1.165, 1.54) is 7.05 Å². The van der Waals surface area contributed by atoms with Crippen molar-refractivity contribution in [2.45, 2.75) is 6.54 Å². The van der Waals surface area contributed by atoms with Crippen molar-refractivity contribution in [2.24, 2.45) is 7.05 Å². The van der Waals surface area contributed by atoms with Crippen LogP contribution in [0.3, 0.4) is 0 Å². The maximum Gasteiger partial charge on any atom is 0.343 e. The Hall–Kier alpha value is -2.44. The van der Waals surface area contributed by atoms with E-state index in [1.54, 1.807) is 18.3 Å². The van der Waals surface area contributed by atoms with E-state index < -0.39 is 11.6 Å². The molecule has 0 bridgehead atoms. The van der Waals surface area contributed by atoms with Gasteiger partial charge < -0.3 is 5.32 Å². The maximum atomic E-state index is 11.6. The predicted octanol–water partition coefficient (Wildman–Crippen LogP) is -0.567. The summed E-state index contributed by atoms with van der Waals surface area (Å²) in [7, 11) is 1.47. The fraction of sp³-hybridized carbons (Fsp3) is 0.200. The molecule has 0 unspecified atom stereocenters. The number of aromatic nitrogens is 4. The van der Waals surface area contributed by atoms with Gasteiger partial charge in [0.2, 0.25) is 5.82 Å². The van der Waals surface area contributed by atoms with Crippen molar-refractivity contribution in [3.63, 3.8) is 0 Å². The summed E-state index contributed by atoms with van der Waals surface area (Å²) in [5.74, 6) is -0.443. The van der Waals surface area contributed by atoms with Crippen molar-refractivity contribution in [3.8, 4) is 0 Å². The van der Waals surface area contributed by atoms with Crippen molar-refractivity contribution < 1.29 is 4.79 Å². The van der Waals surface area contributed by atoms with Gasteiger partial charge in [0.1, 0.15) is 0 Å². The quantitative estimate of drug-likeness (QED) is 0.742. The second-order valence-electron chi connectivity index (χ2n) is 3.41. The monoisotopic (exact) mass is 233 g/mol. The topological polar surface area (TPSA) is 92.7 Å². The third-order valence-corrected chi connectivity index (χ3v) is 2.14. The van der Waals surface area contributed by atoms with Crippen LogP contribution >= 0.6 is 0 Å². The smallest absolute Gasteiger partial charge is 0.343 e. The van der Waals surface area contributed by atoms with Gasteiger partial charge in [0.25, 0.3) is 5.91 Å². The first-order valence-corrected chi connectivity index (χ1v) is 4.98. The summed E-state index contributed by atoms with van der Waals surface area (Å²) in [6, 6.07) is 5.42. The zero-order chi connectivity index (χ0) is 12.3. The molecule has 7 nitrogen and oxygen atoms in total. The number of pyridine rings is 1. The number of hydrogen-bond donors (Lipinski definition) is 2. The highest BCUT2D eigenvalue weighted by atomic mass is 16.2. The van der Waals surface area contributed by atoms with Gasteiger partial charge in [-0.1, -0.05) is 6.07 Å². The Kier molecular flexibility index (Phi) is 2.99. The largest absolute Gasteiger partial charge is 0.344 e. The average molecular weight is 233 g/mol. The Morgan fingerprint density at radius 3 is 2.94 bits per heavy atom. The number of amides is 1. The van der Waals surface area contributed by atoms with E-state index in [4.69, 9.17) is 0 Å². The van der Waals surface area contributed by atoms with Gasteiger partial charge in [-0.3, -0.25) is 14.8 Å². The van der Waals surface area contributed by atoms with Crippen LogP contribution in [0.25, 0.3) is 0 Å². The van der Waals surface area contributed by atoms with Crippen LogP contribution in [0.15, 0.2) is 29.2 Å². The van der Waals surface area contributed by atoms with E-state index in [0.29, 0.717) is 0 Å². The first kappa shape index (κ1) is 11.1. The molecule has 2 rings (SSSR count). The fourth-order valence-corrected chi connectivity index (χ4v) is 1.26. The van der Waals surface area contributed by atoms with E-state index in [2.05, 4.69) is 20.4 Å². The Morgan fingerprint density at radius 1 is 1.53 bits per heavy atom. The Balaban J connectivity index is 2.01. The standard InChI is InChI=1S/C10H11N5O2/c1-15-10(17)13-8(14-15)9(16)12-6-7-4-2-3-5-11-7/h2-5H,6H2,1H3,(H,12,16)(H,13,14,17). The SMILES string of the molecule is Cn1nc(C(=O)NCc2ccccn2)[nH]c1=O. The average Bonchev–Trinajstić information content (AvgIpc) is 2.68. The molecule has 0 radical (unpaired) electrons. The molecule has 0 saturated carbocycles. The van der Waals surface area contributed by atoms with Crippen LogP contribution in [0.1, 0.15) is 16.3 Å². The van der Waals surface area contributed by atoms with Gasteiger partial charge in [0.15, 0.2) is 0 Å². The number of nitrogens with zero attached hydrogens (tertiary/aromatic N) is 3. The van der Waals surface area contributed by atoms with E-state index in [1.807, 2.05) is 6.07 Å². The number of hydrogen-bond acceptors (Lipinski definition) is 4. The summed E-state index contributed by atoms with van der Waals surface area (Å²) < 4.78 is 1.07. The van der Waals surface area contributed by atoms with Gasteiger partial charge in [-0.15, -0.1) is 5.10 Å². The third-order valence-electron chi connectivity index (χ3n) is 2.14. The summed E-state index contributed by atoms with van der Waals surface area (Å²) in [5, 5.41) is 6.35. The van der Waals surface area contributed by atoms with Gasteiger partial charge in [0.05, 0.1) is 12.2 Å². The minimum Gasteiger partial charge on any atom is -0.344 e. The number of carbonyl (C=O) groups excluding carboxylic acids is 1. The number of rotatable bonds is 3. The van der Waals surface area contributed by atoms with Crippen LogP contribution in [0.4, 0.5) is 0 Å². The molecule has 0 aliphatic carbocycles. The van der Waals surface area contributed by atoms with Crippen LogP contribution in [-0.2, 0) is 13.6 Å². The second kappa shape index (κ2) is 4.60. The molecule has 17 heavy (non-hydrogen) atoms. The predicted molar refractivity (Wildman–Crippen MR) is 59.2 cm³/mol. The van der Waals surface area contributed by atoms with E-state index in [9.17, 15) is 9.59 Å². The molecule has 2 aromatic rings. The molecule has 7 heteroatoms. The molecule has 0 spiro atoms. The molecule has 0 aliphatic heterocycles. The molecule has 88 valence electrons. The lowest BCUT2D eigenvalue weighted by Gasteiger charge is -2.01. The molecule has 1 amide bonds. The van der Waals surface area contributed by atoms with Crippen molar-refractivity contribution >= 4 is 5.91 Å². The van der Waals surface area contributed by atoms with E-state index in [-0.39, 0.29) is 12.4 Å². The minimum atomic E-state index is -0.437. The number of carbonyl (C=O) groups is 1. The highest BCUT2D eigenvalue weighted by molar-refractivity contribution is 5.90. The van der Waals surface area contributed by atoms with Crippen molar-refractivity contribution in [2.75, 3.05) is 0 Å².